The molecule has 0 aliphatic carbocycles. The van der Waals surface area contributed by atoms with Crippen molar-refractivity contribution in [2.45, 2.75) is 13.0 Å². The van der Waals surface area contributed by atoms with Crippen LogP contribution in [0.25, 0.3) is 0 Å². The number of nitrogens with one attached hydrogen (secondary N) is 2. The number of nitrogens with zero attached hydrogens (tertiary/aromatic N) is 1. The first-order valence-corrected chi connectivity index (χ1v) is 6.24. The van der Waals surface area contributed by atoms with Crippen molar-refractivity contribution in [3.05, 3.63) is 23.5 Å². The number of likely N-dealkylation sites (N-methyl/N-ethyl adjacent to an activating group) is 2. The van der Waals surface area contributed by atoms with Crippen LogP contribution in [0.1, 0.15) is 18.6 Å². The summed E-state index contributed by atoms with van der Waals surface area (Å²) < 4.78 is 14.0. The molecule has 0 bridgehead atoms. The maximum absolute atomic E-state index is 14.0. The number of benzene rings is 1. The lowest BCUT2D eigenvalue weighted by Crippen LogP contribution is -2.35. The van der Waals surface area contributed by atoms with Gasteiger partial charge in [0.15, 0.2) is 6.10 Å². The van der Waals surface area contributed by atoms with Gasteiger partial charge in [-0.05, 0) is 19.1 Å². The molecule has 0 spiro atoms. The zero-order valence-electron chi connectivity index (χ0n) is 11.2. The minimum Gasteiger partial charge on any atom is -0.378 e. The molecule has 1 unspecified atom stereocenters. The molecule has 0 radical (unpaired) electrons. The largest absolute Gasteiger partial charge is 0.378 e. The van der Waals surface area contributed by atoms with E-state index in [1.165, 1.54) is 11.0 Å². The van der Waals surface area contributed by atoms with Crippen LogP contribution in [-0.2, 0) is 9.59 Å². The molecule has 0 fully saturated rings. The first kappa shape index (κ1) is 14.3. The number of aliphatic hydroxyl groups excluding tert-OH is 1. The number of fused-ring (bicyclic) bond motifs is 1. The van der Waals surface area contributed by atoms with Crippen molar-refractivity contribution in [2.75, 3.05) is 30.4 Å². The van der Waals surface area contributed by atoms with Crippen molar-refractivity contribution in [3.63, 3.8) is 0 Å². The van der Waals surface area contributed by atoms with E-state index in [1.807, 2.05) is 0 Å². The second-order valence-corrected chi connectivity index (χ2v) is 4.59. The normalized spacial score (nSPS) is 16.6. The van der Waals surface area contributed by atoms with Gasteiger partial charge in [-0.25, -0.2) is 4.39 Å². The van der Waals surface area contributed by atoms with Crippen molar-refractivity contribution < 1.29 is 19.1 Å². The van der Waals surface area contributed by atoms with Crippen LogP contribution >= 0.6 is 0 Å². The van der Waals surface area contributed by atoms with Crippen molar-refractivity contribution >= 4 is 23.2 Å². The molecule has 108 valence electrons. The molecule has 1 aromatic carbocycles. The molecule has 1 atom stereocenters. The average molecular weight is 281 g/mol. The first-order chi connectivity index (χ1) is 9.43. The third kappa shape index (κ3) is 2.57. The molecule has 1 aliphatic heterocycles. The van der Waals surface area contributed by atoms with Crippen molar-refractivity contribution in [1.82, 2.24) is 5.32 Å². The van der Waals surface area contributed by atoms with Crippen molar-refractivity contribution in [2.24, 2.45) is 0 Å². The number of carbonyl (C=O) groups is 2. The summed E-state index contributed by atoms with van der Waals surface area (Å²) in [6.45, 7) is 2.30. The van der Waals surface area contributed by atoms with Crippen LogP contribution in [0.15, 0.2) is 12.1 Å². The van der Waals surface area contributed by atoms with Gasteiger partial charge < -0.3 is 20.6 Å². The minimum absolute atomic E-state index is 0.0000463. The molecule has 20 heavy (non-hydrogen) atoms. The Morgan fingerprint density at radius 3 is 2.90 bits per heavy atom. The van der Waals surface area contributed by atoms with E-state index >= 15 is 0 Å². The summed E-state index contributed by atoms with van der Waals surface area (Å²) >= 11 is 0. The number of halogens is 1. The topological polar surface area (TPSA) is 81.7 Å². The lowest BCUT2D eigenvalue weighted by Gasteiger charge is -2.20. The SMILES string of the molecule is CCNC(=O)CN(C)c1cc2c(cc1F)C(O)C(=O)N2. The Bertz CT molecular complexity index is 562. The molecule has 0 aromatic heterocycles. The molecule has 1 heterocycles. The molecule has 3 N–H and O–H groups in total. The maximum atomic E-state index is 14.0. The minimum atomic E-state index is -1.35. The van der Waals surface area contributed by atoms with Gasteiger partial charge in [0.25, 0.3) is 5.91 Å². The van der Waals surface area contributed by atoms with Crippen molar-refractivity contribution in [1.29, 1.82) is 0 Å². The predicted molar refractivity (Wildman–Crippen MR) is 71.9 cm³/mol. The number of anilines is 2. The first-order valence-electron chi connectivity index (χ1n) is 6.24. The molecular formula is C13H16FN3O3. The van der Waals surface area contributed by atoms with Crippen LogP contribution in [0.2, 0.25) is 0 Å². The molecule has 7 heteroatoms. The highest BCUT2D eigenvalue weighted by atomic mass is 19.1. The molecule has 0 saturated carbocycles. The van der Waals surface area contributed by atoms with Gasteiger partial charge in [-0.15, -0.1) is 0 Å². The summed E-state index contributed by atoms with van der Waals surface area (Å²) in [6, 6.07) is 2.53. The summed E-state index contributed by atoms with van der Waals surface area (Å²) in [7, 11) is 1.58. The smallest absolute Gasteiger partial charge is 0.257 e. The quantitative estimate of drug-likeness (QED) is 0.745. The molecule has 0 saturated heterocycles. The average Bonchev–Trinajstić information content (AvgIpc) is 2.65. The zero-order chi connectivity index (χ0) is 14.9. The lowest BCUT2D eigenvalue weighted by molar-refractivity contribution is -0.123. The fourth-order valence-corrected chi connectivity index (χ4v) is 2.10. The monoisotopic (exact) mass is 281 g/mol. The van der Waals surface area contributed by atoms with Crippen LogP contribution in [0.5, 0.6) is 0 Å². The van der Waals surface area contributed by atoms with E-state index < -0.39 is 17.8 Å². The Kier molecular flexibility index (Phi) is 3.89. The van der Waals surface area contributed by atoms with Gasteiger partial charge in [0.05, 0.1) is 12.2 Å². The second kappa shape index (κ2) is 5.46. The van der Waals surface area contributed by atoms with E-state index in [9.17, 15) is 19.1 Å². The number of amides is 2. The zero-order valence-corrected chi connectivity index (χ0v) is 11.2. The van der Waals surface area contributed by atoms with E-state index in [0.29, 0.717) is 12.2 Å². The molecule has 6 nitrogen and oxygen atoms in total. The standard InChI is InChI=1S/C13H16FN3O3/c1-3-15-11(18)6-17(2)10-5-9-7(4-8(10)14)12(19)13(20)16-9/h4-5,12,19H,3,6H2,1-2H3,(H,15,18)(H,16,20). The molecule has 1 aliphatic rings. The van der Waals surface area contributed by atoms with E-state index in [-0.39, 0.29) is 23.7 Å². The summed E-state index contributed by atoms with van der Waals surface area (Å²) in [5.41, 5.74) is 0.758. The van der Waals surface area contributed by atoms with Crippen LogP contribution in [-0.4, -0.2) is 37.1 Å². The van der Waals surface area contributed by atoms with Gasteiger partial charge in [0, 0.05) is 24.8 Å². The Balaban J connectivity index is 2.24. The van der Waals surface area contributed by atoms with E-state index in [0.717, 1.165) is 6.07 Å². The van der Waals surface area contributed by atoms with Crippen molar-refractivity contribution in [3.8, 4) is 0 Å². The number of aliphatic hydroxyl groups is 1. The number of hydrogen-bond acceptors (Lipinski definition) is 4. The molecule has 1 aromatic rings. The van der Waals surface area contributed by atoms with Gasteiger partial charge in [-0.1, -0.05) is 0 Å². The third-order valence-electron chi connectivity index (χ3n) is 3.09. The molecule has 2 amide bonds. The number of hydrogen-bond donors (Lipinski definition) is 3. The lowest BCUT2D eigenvalue weighted by atomic mass is 10.1. The maximum Gasteiger partial charge on any atom is 0.257 e. The summed E-state index contributed by atoms with van der Waals surface area (Å²) in [6.07, 6.45) is -1.35. The van der Waals surface area contributed by atoms with E-state index in [4.69, 9.17) is 0 Å². The van der Waals surface area contributed by atoms with Gasteiger partial charge in [-0.3, -0.25) is 9.59 Å². The highest BCUT2D eigenvalue weighted by Gasteiger charge is 2.30. The Morgan fingerprint density at radius 2 is 2.25 bits per heavy atom. The van der Waals surface area contributed by atoms with E-state index in [2.05, 4.69) is 10.6 Å². The Morgan fingerprint density at radius 1 is 1.55 bits per heavy atom. The van der Waals surface area contributed by atoms with Crippen LogP contribution in [0, 0.1) is 5.82 Å². The molecule has 2 rings (SSSR count). The fourth-order valence-electron chi connectivity index (χ4n) is 2.10. The van der Waals surface area contributed by atoms with Crippen LogP contribution in [0.4, 0.5) is 15.8 Å². The Labute approximate surface area is 115 Å². The number of rotatable bonds is 4. The van der Waals surface area contributed by atoms with Gasteiger partial charge in [0.2, 0.25) is 5.91 Å². The molecular weight excluding hydrogens is 265 g/mol. The van der Waals surface area contributed by atoms with E-state index in [1.54, 1.807) is 14.0 Å². The Hall–Kier alpha value is -2.15. The third-order valence-corrected chi connectivity index (χ3v) is 3.09. The summed E-state index contributed by atoms with van der Waals surface area (Å²) in [4.78, 5) is 24.3. The fraction of sp³-hybridized carbons (Fsp3) is 0.385. The predicted octanol–water partition coefficient (Wildman–Crippen LogP) is 0.384. The summed E-state index contributed by atoms with van der Waals surface area (Å²) in [5.74, 6) is -1.40. The van der Waals surface area contributed by atoms with Crippen LogP contribution < -0.4 is 15.5 Å². The summed E-state index contributed by atoms with van der Waals surface area (Å²) in [5, 5.41) is 14.6. The van der Waals surface area contributed by atoms with Gasteiger partial charge in [-0.2, -0.15) is 0 Å². The highest BCUT2D eigenvalue weighted by Crippen LogP contribution is 2.35. The highest BCUT2D eigenvalue weighted by molar-refractivity contribution is 6.02. The second-order valence-electron chi connectivity index (χ2n) is 4.59. The van der Waals surface area contributed by atoms with Gasteiger partial charge in [0.1, 0.15) is 5.82 Å². The van der Waals surface area contributed by atoms with Gasteiger partial charge >= 0.3 is 0 Å². The number of carbonyl (C=O) groups excluding carboxylic acids is 2. The van der Waals surface area contributed by atoms with Crippen LogP contribution in [0.3, 0.4) is 0 Å².